The monoisotopic (exact) mass is 278 g/mol. The Labute approximate surface area is 114 Å². The summed E-state index contributed by atoms with van der Waals surface area (Å²) in [6.07, 6.45) is -0.260. The fourth-order valence-electron chi connectivity index (χ4n) is 1.59. The third-order valence-electron chi connectivity index (χ3n) is 2.47. The number of carbonyl (C=O) groups is 1. The van der Waals surface area contributed by atoms with Gasteiger partial charge in [0.05, 0.1) is 6.42 Å². The highest BCUT2D eigenvalue weighted by Crippen LogP contribution is 2.34. The lowest BCUT2D eigenvalue weighted by molar-refractivity contribution is -0.136. The highest BCUT2D eigenvalue weighted by Gasteiger charge is 2.11. The van der Waals surface area contributed by atoms with Crippen LogP contribution in [0.1, 0.15) is 5.56 Å². The maximum atomic E-state index is 10.7. The van der Waals surface area contributed by atoms with Crippen LogP contribution < -0.4 is 4.74 Å². The number of aromatic hydroxyl groups is 1. The Hall–Kier alpha value is -2.20. The molecule has 0 bridgehead atoms. The smallest absolute Gasteiger partial charge is 0.307 e. The van der Waals surface area contributed by atoms with Crippen LogP contribution in [0.2, 0.25) is 5.02 Å². The van der Waals surface area contributed by atoms with Gasteiger partial charge in [0.2, 0.25) is 0 Å². The topological polar surface area (TPSA) is 66.8 Å². The van der Waals surface area contributed by atoms with Crippen molar-refractivity contribution in [1.29, 1.82) is 0 Å². The van der Waals surface area contributed by atoms with Crippen molar-refractivity contribution in [3.8, 4) is 17.2 Å². The van der Waals surface area contributed by atoms with Gasteiger partial charge in [-0.1, -0.05) is 23.7 Å². The lowest BCUT2D eigenvalue weighted by atomic mass is 10.1. The van der Waals surface area contributed by atoms with Crippen LogP contribution in [0.5, 0.6) is 17.2 Å². The molecular weight excluding hydrogens is 268 g/mol. The molecule has 0 amide bonds. The number of phenols is 1. The maximum Gasteiger partial charge on any atom is 0.307 e. The molecule has 0 radical (unpaired) electrons. The second kappa shape index (κ2) is 5.63. The summed E-state index contributed by atoms with van der Waals surface area (Å²) in [5.74, 6) is -0.466. The standard InChI is InChI=1S/C14H11ClO4/c15-10-4-6-11(7-5-10)19-12-3-1-2-9(14(12)18)8-13(16)17/h1-7,18H,8H2,(H,16,17). The van der Waals surface area contributed by atoms with Crippen LogP contribution in [0.15, 0.2) is 42.5 Å². The van der Waals surface area contributed by atoms with Gasteiger partial charge in [-0.25, -0.2) is 0 Å². The molecule has 0 aliphatic carbocycles. The number of phenolic OH excluding ortho intramolecular Hbond substituents is 1. The van der Waals surface area contributed by atoms with E-state index >= 15 is 0 Å². The summed E-state index contributed by atoms with van der Waals surface area (Å²) in [6, 6.07) is 11.4. The Balaban J connectivity index is 2.25. The first-order valence-corrected chi connectivity index (χ1v) is 5.90. The molecule has 2 aromatic rings. The molecule has 0 saturated heterocycles. The average Bonchev–Trinajstić information content (AvgIpc) is 2.36. The van der Waals surface area contributed by atoms with Gasteiger partial charge in [0.1, 0.15) is 5.75 Å². The van der Waals surface area contributed by atoms with Crippen LogP contribution in [0.25, 0.3) is 0 Å². The predicted octanol–water partition coefficient (Wildman–Crippen LogP) is 3.47. The van der Waals surface area contributed by atoms with Crippen molar-refractivity contribution in [2.45, 2.75) is 6.42 Å². The van der Waals surface area contributed by atoms with Crippen molar-refractivity contribution in [1.82, 2.24) is 0 Å². The molecule has 0 heterocycles. The van der Waals surface area contributed by atoms with Crippen molar-refractivity contribution in [2.75, 3.05) is 0 Å². The molecule has 0 unspecified atom stereocenters. The second-order valence-electron chi connectivity index (χ2n) is 3.89. The summed E-state index contributed by atoms with van der Waals surface area (Å²) in [6.45, 7) is 0. The molecule has 0 spiro atoms. The Morgan fingerprint density at radius 2 is 1.84 bits per heavy atom. The zero-order valence-corrected chi connectivity index (χ0v) is 10.6. The van der Waals surface area contributed by atoms with Crippen molar-refractivity contribution in [2.24, 2.45) is 0 Å². The van der Waals surface area contributed by atoms with Crippen LogP contribution in [0.3, 0.4) is 0 Å². The maximum absolute atomic E-state index is 10.7. The molecule has 0 saturated carbocycles. The number of ether oxygens (including phenoxy) is 1. The highest BCUT2D eigenvalue weighted by molar-refractivity contribution is 6.30. The van der Waals surface area contributed by atoms with Gasteiger partial charge in [-0.2, -0.15) is 0 Å². The Morgan fingerprint density at radius 1 is 1.16 bits per heavy atom. The molecule has 4 nitrogen and oxygen atoms in total. The molecule has 2 aromatic carbocycles. The first-order chi connectivity index (χ1) is 9.06. The summed E-state index contributed by atoms with van der Waals surface area (Å²) in [4.78, 5) is 10.7. The van der Waals surface area contributed by atoms with Crippen molar-refractivity contribution in [3.63, 3.8) is 0 Å². The van der Waals surface area contributed by atoms with E-state index in [1.54, 1.807) is 36.4 Å². The van der Waals surface area contributed by atoms with Crippen molar-refractivity contribution < 1.29 is 19.7 Å². The predicted molar refractivity (Wildman–Crippen MR) is 71.0 cm³/mol. The molecule has 0 fully saturated rings. The molecule has 2 rings (SSSR count). The van der Waals surface area contributed by atoms with Crippen molar-refractivity contribution in [3.05, 3.63) is 53.1 Å². The van der Waals surface area contributed by atoms with E-state index in [1.165, 1.54) is 6.07 Å². The lowest BCUT2D eigenvalue weighted by Gasteiger charge is -2.10. The van der Waals surface area contributed by atoms with E-state index in [9.17, 15) is 9.90 Å². The van der Waals surface area contributed by atoms with Gasteiger partial charge in [-0.3, -0.25) is 4.79 Å². The summed E-state index contributed by atoms with van der Waals surface area (Å²) in [5, 5.41) is 19.3. The number of hydrogen-bond donors (Lipinski definition) is 2. The van der Waals surface area contributed by atoms with Gasteiger partial charge < -0.3 is 14.9 Å². The first kappa shape index (κ1) is 13.2. The molecule has 0 aromatic heterocycles. The molecular formula is C14H11ClO4. The van der Waals surface area contributed by atoms with Gasteiger partial charge in [0.15, 0.2) is 11.5 Å². The molecule has 2 N–H and O–H groups in total. The van der Waals surface area contributed by atoms with Crippen LogP contribution >= 0.6 is 11.6 Å². The number of benzene rings is 2. The molecule has 19 heavy (non-hydrogen) atoms. The summed E-state index contributed by atoms with van der Waals surface area (Å²) < 4.78 is 5.48. The van der Waals surface area contributed by atoms with E-state index in [2.05, 4.69) is 0 Å². The van der Waals surface area contributed by atoms with Gasteiger partial charge in [-0.15, -0.1) is 0 Å². The number of aliphatic carboxylic acids is 1. The SMILES string of the molecule is O=C(O)Cc1cccc(Oc2ccc(Cl)cc2)c1O. The number of para-hydroxylation sites is 1. The lowest BCUT2D eigenvalue weighted by Crippen LogP contribution is -2.00. The second-order valence-corrected chi connectivity index (χ2v) is 4.33. The minimum absolute atomic E-state index is 0.167. The summed E-state index contributed by atoms with van der Waals surface area (Å²) in [7, 11) is 0. The average molecular weight is 279 g/mol. The number of hydrogen-bond acceptors (Lipinski definition) is 3. The van der Waals surface area contributed by atoms with E-state index < -0.39 is 5.97 Å². The van der Waals surface area contributed by atoms with Gasteiger partial charge in [0.25, 0.3) is 0 Å². The third kappa shape index (κ3) is 3.39. The van der Waals surface area contributed by atoms with Gasteiger partial charge >= 0.3 is 5.97 Å². The summed E-state index contributed by atoms with van der Waals surface area (Å²) in [5.41, 5.74) is 0.305. The molecule has 5 heteroatoms. The van der Waals surface area contributed by atoms with E-state index in [1.807, 2.05) is 0 Å². The number of halogens is 1. The third-order valence-corrected chi connectivity index (χ3v) is 2.72. The fourth-order valence-corrected chi connectivity index (χ4v) is 1.71. The summed E-state index contributed by atoms with van der Waals surface area (Å²) >= 11 is 5.76. The van der Waals surface area contributed by atoms with Gasteiger partial charge in [-0.05, 0) is 30.3 Å². The minimum atomic E-state index is -1.01. The largest absolute Gasteiger partial charge is 0.504 e. The van der Waals surface area contributed by atoms with Crippen LogP contribution in [0.4, 0.5) is 0 Å². The number of carboxylic acids is 1. The van der Waals surface area contributed by atoms with E-state index in [0.717, 1.165) is 0 Å². The Bertz CT molecular complexity index is 593. The van der Waals surface area contributed by atoms with E-state index in [-0.39, 0.29) is 17.9 Å². The van der Waals surface area contributed by atoms with Gasteiger partial charge in [0, 0.05) is 10.6 Å². The quantitative estimate of drug-likeness (QED) is 0.899. The molecule has 0 aliphatic rings. The van der Waals surface area contributed by atoms with Crippen LogP contribution in [-0.2, 0) is 11.2 Å². The zero-order valence-electron chi connectivity index (χ0n) is 9.84. The highest BCUT2D eigenvalue weighted by atomic mass is 35.5. The normalized spacial score (nSPS) is 10.2. The fraction of sp³-hybridized carbons (Fsp3) is 0.0714. The first-order valence-electron chi connectivity index (χ1n) is 5.52. The van der Waals surface area contributed by atoms with Crippen molar-refractivity contribution >= 4 is 17.6 Å². The van der Waals surface area contributed by atoms with E-state index in [4.69, 9.17) is 21.4 Å². The Morgan fingerprint density at radius 3 is 2.47 bits per heavy atom. The molecule has 98 valence electrons. The molecule has 0 aliphatic heterocycles. The zero-order chi connectivity index (χ0) is 13.8. The number of carboxylic acid groups (broad SMARTS) is 1. The van der Waals surface area contributed by atoms with Crippen LogP contribution in [-0.4, -0.2) is 16.2 Å². The number of rotatable bonds is 4. The Kier molecular flexibility index (Phi) is 3.92. The van der Waals surface area contributed by atoms with E-state index in [0.29, 0.717) is 16.3 Å². The molecule has 0 atom stereocenters. The minimum Gasteiger partial charge on any atom is -0.504 e. The van der Waals surface area contributed by atoms with Crippen LogP contribution in [0, 0.1) is 0 Å².